The summed E-state index contributed by atoms with van der Waals surface area (Å²) in [5.74, 6) is -1.11. The number of carbonyl (C=O) groups is 2. The van der Waals surface area contributed by atoms with Crippen LogP contribution < -0.4 is 10.6 Å². The SMILES string of the molecule is O=C(/C=C/C(=O)OC1=NCC(CC2CCc3ccc(F)cc3C2)N1)OC1=NCC(CC2CCc3ccc(F)cc3C2)N1. The van der Waals surface area contributed by atoms with Crippen LogP contribution in [0, 0.1) is 23.5 Å². The number of ether oxygens (including phenoxy) is 2. The lowest BCUT2D eigenvalue weighted by molar-refractivity contribution is -0.133. The van der Waals surface area contributed by atoms with Gasteiger partial charge < -0.3 is 20.1 Å². The van der Waals surface area contributed by atoms with Crippen molar-refractivity contribution < 1.29 is 27.8 Å². The van der Waals surface area contributed by atoms with Crippen LogP contribution in [-0.4, -0.2) is 49.2 Å². The lowest BCUT2D eigenvalue weighted by atomic mass is 9.81. The van der Waals surface area contributed by atoms with E-state index in [0.29, 0.717) is 24.9 Å². The Morgan fingerprint density at radius 1 is 0.738 bits per heavy atom. The first-order valence-corrected chi connectivity index (χ1v) is 14.6. The Hall–Kier alpha value is -4.08. The van der Waals surface area contributed by atoms with Gasteiger partial charge in [-0.1, -0.05) is 12.1 Å². The molecule has 6 rings (SSSR count). The van der Waals surface area contributed by atoms with Crippen molar-refractivity contribution in [1.29, 1.82) is 0 Å². The minimum atomic E-state index is -0.742. The summed E-state index contributed by atoms with van der Waals surface area (Å²) in [6.45, 7) is 0.968. The predicted octanol–water partition coefficient (Wildman–Crippen LogP) is 3.95. The van der Waals surface area contributed by atoms with E-state index in [4.69, 9.17) is 9.47 Å². The van der Waals surface area contributed by atoms with E-state index in [-0.39, 0.29) is 35.8 Å². The fourth-order valence-corrected chi connectivity index (χ4v) is 6.51. The highest BCUT2D eigenvalue weighted by molar-refractivity contribution is 6.00. The Morgan fingerprint density at radius 3 is 1.64 bits per heavy atom. The molecular formula is C32H34F2N4O4. The van der Waals surface area contributed by atoms with Crippen LogP contribution >= 0.6 is 0 Å². The van der Waals surface area contributed by atoms with Gasteiger partial charge in [-0.15, -0.1) is 0 Å². The monoisotopic (exact) mass is 576 g/mol. The Morgan fingerprint density at radius 2 is 1.19 bits per heavy atom. The number of hydrogen-bond acceptors (Lipinski definition) is 8. The number of carbonyl (C=O) groups excluding carboxylic acids is 2. The van der Waals surface area contributed by atoms with Crippen molar-refractivity contribution in [3.63, 3.8) is 0 Å². The molecule has 0 spiro atoms. The van der Waals surface area contributed by atoms with Crippen LogP contribution in [0.5, 0.6) is 0 Å². The van der Waals surface area contributed by atoms with Gasteiger partial charge in [0.15, 0.2) is 0 Å². The molecule has 10 heteroatoms. The molecule has 42 heavy (non-hydrogen) atoms. The third-order valence-corrected chi connectivity index (χ3v) is 8.55. The molecule has 2 aromatic carbocycles. The number of aryl methyl sites for hydroxylation is 2. The number of halogens is 2. The zero-order valence-electron chi connectivity index (χ0n) is 23.3. The molecule has 2 aromatic rings. The molecule has 0 radical (unpaired) electrons. The van der Waals surface area contributed by atoms with Crippen molar-refractivity contribution in [2.45, 2.75) is 63.5 Å². The minimum Gasteiger partial charge on any atom is -0.389 e. The van der Waals surface area contributed by atoms with E-state index in [1.165, 1.54) is 23.3 Å². The summed E-state index contributed by atoms with van der Waals surface area (Å²) in [6, 6.07) is 10.3. The summed E-state index contributed by atoms with van der Waals surface area (Å²) >= 11 is 0. The van der Waals surface area contributed by atoms with E-state index >= 15 is 0 Å². The zero-order valence-corrected chi connectivity index (χ0v) is 23.3. The number of nitrogens with zero attached hydrogens (tertiary/aromatic N) is 2. The highest BCUT2D eigenvalue weighted by atomic mass is 19.1. The van der Waals surface area contributed by atoms with E-state index in [0.717, 1.165) is 74.6 Å². The third kappa shape index (κ3) is 7.03. The second-order valence-corrected chi connectivity index (χ2v) is 11.7. The van der Waals surface area contributed by atoms with E-state index in [2.05, 4.69) is 20.6 Å². The first kappa shape index (κ1) is 28.1. The second kappa shape index (κ2) is 12.4. The molecule has 220 valence electrons. The summed E-state index contributed by atoms with van der Waals surface area (Å²) in [6.07, 6.45) is 9.22. The van der Waals surface area contributed by atoms with Gasteiger partial charge in [0.1, 0.15) is 11.6 Å². The van der Waals surface area contributed by atoms with Crippen molar-refractivity contribution in [3.05, 3.63) is 82.4 Å². The summed E-state index contributed by atoms with van der Waals surface area (Å²) in [7, 11) is 0. The van der Waals surface area contributed by atoms with Crippen LogP contribution in [0.2, 0.25) is 0 Å². The lowest BCUT2D eigenvalue weighted by Crippen LogP contribution is -2.35. The fraction of sp³-hybridized carbons (Fsp3) is 0.438. The molecule has 0 amide bonds. The highest BCUT2D eigenvalue weighted by Crippen LogP contribution is 2.30. The van der Waals surface area contributed by atoms with Crippen LogP contribution in [0.4, 0.5) is 8.78 Å². The molecule has 2 aliphatic heterocycles. The standard InChI is InChI=1S/C32H34F2N4O4/c33-25-7-5-21-3-1-19(11-23(21)15-25)13-27-17-35-31(37-27)41-29(39)9-10-30(40)42-32-36-18-28(38-32)14-20-2-4-22-6-8-26(34)16-24(22)12-20/h5-10,15-16,19-20,27-28H,1-4,11-14,17-18H2,(H,35,37)(H,36,38)/b10-9+. The predicted molar refractivity (Wildman–Crippen MR) is 153 cm³/mol. The Kier molecular flexibility index (Phi) is 8.30. The fourth-order valence-electron chi connectivity index (χ4n) is 6.51. The largest absolute Gasteiger partial charge is 0.389 e. The van der Waals surface area contributed by atoms with Crippen molar-refractivity contribution in [1.82, 2.24) is 10.6 Å². The van der Waals surface area contributed by atoms with E-state index in [1.54, 1.807) is 12.1 Å². The molecule has 0 aromatic heterocycles. The maximum Gasteiger partial charge on any atom is 0.338 e. The van der Waals surface area contributed by atoms with E-state index in [9.17, 15) is 18.4 Å². The Labute approximate surface area is 243 Å². The van der Waals surface area contributed by atoms with E-state index < -0.39 is 11.9 Å². The van der Waals surface area contributed by atoms with Gasteiger partial charge in [0.05, 0.1) is 25.2 Å². The van der Waals surface area contributed by atoms with Crippen LogP contribution in [0.25, 0.3) is 0 Å². The third-order valence-electron chi connectivity index (χ3n) is 8.55. The number of benzene rings is 2. The summed E-state index contributed by atoms with van der Waals surface area (Å²) in [5, 5.41) is 6.27. The molecule has 2 aliphatic carbocycles. The smallest absolute Gasteiger partial charge is 0.338 e. The number of fused-ring (bicyclic) bond motifs is 2. The number of esters is 2. The topological polar surface area (TPSA) is 101 Å². The van der Waals surface area contributed by atoms with Gasteiger partial charge in [0, 0.05) is 12.2 Å². The summed E-state index contributed by atoms with van der Waals surface area (Å²) < 4.78 is 37.7. The number of amidine groups is 2. The number of rotatable bonds is 6. The van der Waals surface area contributed by atoms with Crippen LogP contribution in [0.3, 0.4) is 0 Å². The van der Waals surface area contributed by atoms with Gasteiger partial charge in [-0.2, -0.15) is 0 Å². The van der Waals surface area contributed by atoms with Gasteiger partial charge in [-0.05, 0) is 110 Å². The number of hydrogen-bond donors (Lipinski definition) is 2. The molecule has 0 fully saturated rings. The number of aliphatic imine (C=N–C) groups is 2. The Bertz CT molecular complexity index is 1350. The quantitative estimate of drug-likeness (QED) is 0.399. The van der Waals surface area contributed by atoms with Gasteiger partial charge in [0.25, 0.3) is 12.0 Å². The van der Waals surface area contributed by atoms with Gasteiger partial charge in [-0.25, -0.2) is 28.4 Å². The lowest BCUT2D eigenvalue weighted by Gasteiger charge is -2.26. The van der Waals surface area contributed by atoms with Gasteiger partial charge in [0.2, 0.25) is 0 Å². The molecule has 4 atom stereocenters. The minimum absolute atomic E-state index is 0.0331. The van der Waals surface area contributed by atoms with Gasteiger partial charge in [-0.3, -0.25) is 0 Å². The molecule has 2 N–H and O–H groups in total. The molecule has 4 unspecified atom stereocenters. The average molecular weight is 577 g/mol. The molecular weight excluding hydrogens is 542 g/mol. The number of nitrogens with one attached hydrogen (secondary N) is 2. The van der Waals surface area contributed by atoms with Crippen molar-refractivity contribution >= 4 is 24.0 Å². The molecule has 0 bridgehead atoms. The first-order valence-electron chi connectivity index (χ1n) is 14.6. The van der Waals surface area contributed by atoms with E-state index in [1.807, 2.05) is 12.1 Å². The molecule has 8 nitrogen and oxygen atoms in total. The average Bonchev–Trinajstić information content (AvgIpc) is 3.60. The van der Waals surface area contributed by atoms with Crippen LogP contribution in [-0.2, 0) is 44.7 Å². The molecule has 0 saturated heterocycles. The molecule has 2 heterocycles. The normalized spacial score (nSPS) is 24.6. The maximum absolute atomic E-state index is 13.6. The summed E-state index contributed by atoms with van der Waals surface area (Å²) in [5.41, 5.74) is 4.56. The van der Waals surface area contributed by atoms with Crippen molar-refractivity contribution in [2.24, 2.45) is 21.8 Å². The first-order chi connectivity index (χ1) is 20.4. The zero-order chi connectivity index (χ0) is 29.1. The molecule has 4 aliphatic rings. The highest BCUT2D eigenvalue weighted by Gasteiger charge is 2.28. The van der Waals surface area contributed by atoms with Crippen molar-refractivity contribution in [3.8, 4) is 0 Å². The van der Waals surface area contributed by atoms with Crippen LogP contribution in [0.15, 0.2) is 58.5 Å². The maximum atomic E-state index is 13.6. The second-order valence-electron chi connectivity index (χ2n) is 11.7. The van der Waals surface area contributed by atoms with Gasteiger partial charge >= 0.3 is 11.9 Å². The summed E-state index contributed by atoms with van der Waals surface area (Å²) in [4.78, 5) is 33.0. The van der Waals surface area contributed by atoms with Crippen molar-refractivity contribution in [2.75, 3.05) is 13.1 Å². The Balaban J connectivity index is 0.889. The molecule has 0 saturated carbocycles. The van der Waals surface area contributed by atoms with Crippen LogP contribution in [0.1, 0.15) is 47.9 Å².